The molecule has 0 bridgehead atoms. The first-order valence-corrected chi connectivity index (χ1v) is 10.2. The maximum Gasteiger partial charge on any atom is 0.397 e. The van der Waals surface area contributed by atoms with Crippen molar-refractivity contribution >= 4 is 17.2 Å². The van der Waals surface area contributed by atoms with Crippen molar-refractivity contribution in [3.05, 3.63) is 22.4 Å². The number of halogens is 3. The van der Waals surface area contributed by atoms with Crippen LogP contribution in [0.1, 0.15) is 42.0 Å². The Morgan fingerprint density at radius 3 is 2.93 bits per heavy atom. The fourth-order valence-electron chi connectivity index (χ4n) is 3.76. The average Bonchev–Trinajstić information content (AvgIpc) is 3.32. The van der Waals surface area contributed by atoms with E-state index < -0.39 is 18.5 Å². The van der Waals surface area contributed by atoms with Crippen LogP contribution >= 0.6 is 11.3 Å². The van der Waals surface area contributed by atoms with Crippen LogP contribution in [0.2, 0.25) is 0 Å². The lowest BCUT2D eigenvalue weighted by Gasteiger charge is -2.15. The summed E-state index contributed by atoms with van der Waals surface area (Å²) in [5.74, 6) is 0.00774. The number of carbonyl (C=O) groups is 1. The number of nitrogens with zero attached hydrogens (tertiary/aromatic N) is 3. The van der Waals surface area contributed by atoms with Gasteiger partial charge in [0.25, 0.3) is 5.89 Å². The van der Waals surface area contributed by atoms with Gasteiger partial charge in [0.2, 0.25) is 11.8 Å². The zero-order chi connectivity index (χ0) is 19.7. The molecule has 6 nitrogen and oxygen atoms in total. The van der Waals surface area contributed by atoms with Crippen LogP contribution in [0.15, 0.2) is 10.5 Å². The summed E-state index contributed by atoms with van der Waals surface area (Å²) in [6.07, 6.45) is -0.684. The van der Waals surface area contributed by atoms with Gasteiger partial charge in [-0.15, -0.1) is 21.5 Å². The summed E-state index contributed by atoms with van der Waals surface area (Å²) in [5, 5.41) is 10.7. The van der Waals surface area contributed by atoms with Crippen molar-refractivity contribution in [3.63, 3.8) is 0 Å². The Morgan fingerprint density at radius 1 is 1.32 bits per heavy atom. The number of aromatic nitrogens is 2. The molecule has 3 heterocycles. The monoisotopic (exact) mass is 414 g/mol. The number of fused-ring (bicyclic) bond motifs is 1. The Kier molecular flexibility index (Phi) is 5.42. The molecule has 1 atom stereocenters. The lowest BCUT2D eigenvalue weighted by molar-refractivity contribution is -0.154. The molecule has 1 aliphatic carbocycles. The molecule has 0 saturated carbocycles. The molecule has 0 aromatic carbocycles. The van der Waals surface area contributed by atoms with Gasteiger partial charge in [0.1, 0.15) is 6.42 Å². The van der Waals surface area contributed by atoms with Crippen LogP contribution < -0.4 is 5.32 Å². The first kappa shape index (κ1) is 19.4. The summed E-state index contributed by atoms with van der Waals surface area (Å²) in [6.45, 7) is 1.54. The van der Waals surface area contributed by atoms with Gasteiger partial charge in [0.05, 0.1) is 11.4 Å². The summed E-state index contributed by atoms with van der Waals surface area (Å²) in [5.41, 5.74) is 1.38. The SMILES string of the molecule is O=C(CC(F)(F)F)NC1CCN(Cc2nnc(-c3cc4c(s3)CCCC4)o2)C1. The smallest absolute Gasteiger partial charge is 0.397 e. The van der Waals surface area contributed by atoms with E-state index in [9.17, 15) is 18.0 Å². The first-order valence-electron chi connectivity index (χ1n) is 9.38. The Morgan fingerprint density at radius 2 is 2.14 bits per heavy atom. The van der Waals surface area contributed by atoms with E-state index in [4.69, 9.17) is 4.42 Å². The molecule has 1 N–H and O–H groups in total. The average molecular weight is 414 g/mol. The van der Waals surface area contributed by atoms with Crippen molar-refractivity contribution in [1.29, 1.82) is 0 Å². The van der Waals surface area contributed by atoms with Crippen molar-refractivity contribution in [3.8, 4) is 10.8 Å². The minimum atomic E-state index is -4.48. The molecular weight excluding hydrogens is 393 g/mol. The number of aryl methyl sites for hydroxylation is 2. The van der Waals surface area contributed by atoms with Crippen molar-refractivity contribution in [2.24, 2.45) is 0 Å². The Balaban J connectivity index is 1.31. The van der Waals surface area contributed by atoms with Gasteiger partial charge >= 0.3 is 6.18 Å². The van der Waals surface area contributed by atoms with Crippen LogP contribution in [0, 0.1) is 0 Å². The third-order valence-electron chi connectivity index (χ3n) is 5.03. The summed E-state index contributed by atoms with van der Waals surface area (Å²) >= 11 is 1.71. The molecule has 1 unspecified atom stereocenters. The fraction of sp³-hybridized carbons (Fsp3) is 0.611. The summed E-state index contributed by atoms with van der Waals surface area (Å²) < 4.78 is 42.6. The Hall–Kier alpha value is -1.94. The number of amides is 1. The molecule has 1 aliphatic heterocycles. The highest BCUT2D eigenvalue weighted by atomic mass is 32.1. The van der Waals surface area contributed by atoms with Gasteiger partial charge in [0.15, 0.2) is 0 Å². The van der Waals surface area contributed by atoms with Gasteiger partial charge < -0.3 is 9.73 Å². The molecule has 0 spiro atoms. The van der Waals surface area contributed by atoms with Crippen molar-refractivity contribution < 1.29 is 22.4 Å². The van der Waals surface area contributed by atoms with Gasteiger partial charge in [-0.3, -0.25) is 9.69 Å². The number of hydrogen-bond donors (Lipinski definition) is 1. The second kappa shape index (κ2) is 7.82. The van der Waals surface area contributed by atoms with Crippen molar-refractivity contribution in [1.82, 2.24) is 20.4 Å². The summed E-state index contributed by atoms with van der Waals surface area (Å²) in [6, 6.07) is 1.85. The minimum absolute atomic E-state index is 0.290. The van der Waals surface area contributed by atoms with Gasteiger partial charge in [-0.05, 0) is 43.7 Å². The van der Waals surface area contributed by atoms with Crippen LogP contribution in [0.5, 0.6) is 0 Å². The number of carbonyl (C=O) groups excluding carboxylic acids is 1. The van der Waals surface area contributed by atoms with E-state index in [-0.39, 0.29) is 6.04 Å². The largest absolute Gasteiger partial charge is 0.419 e. The van der Waals surface area contributed by atoms with E-state index in [0.29, 0.717) is 37.8 Å². The summed E-state index contributed by atoms with van der Waals surface area (Å²) in [7, 11) is 0. The molecule has 152 valence electrons. The number of rotatable bonds is 5. The molecular formula is C18H21F3N4O2S. The van der Waals surface area contributed by atoms with Crippen molar-refractivity contribution in [2.45, 2.75) is 57.3 Å². The predicted octanol–water partition coefficient (Wildman–Crippen LogP) is 3.32. The lowest BCUT2D eigenvalue weighted by atomic mass is 9.99. The summed E-state index contributed by atoms with van der Waals surface area (Å²) in [4.78, 5) is 15.8. The molecule has 28 heavy (non-hydrogen) atoms. The molecule has 2 aliphatic rings. The van der Waals surface area contributed by atoms with Crippen LogP contribution in [-0.2, 0) is 24.2 Å². The van der Waals surface area contributed by atoms with E-state index in [0.717, 1.165) is 17.7 Å². The maximum atomic E-state index is 12.3. The Labute approximate surface area is 164 Å². The van der Waals surface area contributed by atoms with Gasteiger partial charge in [-0.1, -0.05) is 0 Å². The number of likely N-dealkylation sites (tertiary alicyclic amines) is 1. The highest BCUT2D eigenvalue weighted by molar-refractivity contribution is 7.15. The van der Waals surface area contributed by atoms with Gasteiger partial charge in [0, 0.05) is 24.0 Å². The number of nitrogens with one attached hydrogen (secondary N) is 1. The fourth-order valence-corrected chi connectivity index (χ4v) is 4.93. The van der Waals surface area contributed by atoms with Crippen LogP contribution in [0.4, 0.5) is 13.2 Å². The second-order valence-electron chi connectivity index (χ2n) is 7.35. The van der Waals surface area contributed by atoms with E-state index >= 15 is 0 Å². The molecule has 4 rings (SSSR count). The molecule has 1 fully saturated rings. The number of hydrogen-bond acceptors (Lipinski definition) is 6. The standard InChI is InChI=1S/C18H21F3N4O2S/c19-18(20,21)8-15(26)22-12-5-6-25(9-12)10-16-23-24-17(27-16)14-7-11-3-1-2-4-13(11)28-14/h7,12H,1-6,8-10H2,(H,22,26). The normalized spacial score (nSPS) is 20.3. The second-order valence-corrected chi connectivity index (χ2v) is 8.48. The van der Waals surface area contributed by atoms with E-state index in [2.05, 4.69) is 21.6 Å². The first-order chi connectivity index (χ1) is 13.4. The van der Waals surface area contributed by atoms with Crippen LogP contribution in [0.25, 0.3) is 10.8 Å². The van der Waals surface area contributed by atoms with Crippen LogP contribution in [-0.4, -0.2) is 46.3 Å². The zero-order valence-electron chi connectivity index (χ0n) is 15.2. The van der Waals surface area contributed by atoms with E-state index in [1.807, 2.05) is 4.90 Å². The molecule has 10 heteroatoms. The third kappa shape index (κ3) is 4.72. The van der Waals surface area contributed by atoms with Crippen LogP contribution in [0.3, 0.4) is 0 Å². The Bertz CT molecular complexity index is 825. The molecule has 2 aromatic heterocycles. The molecule has 1 amide bonds. The van der Waals surface area contributed by atoms with E-state index in [1.54, 1.807) is 11.3 Å². The number of alkyl halides is 3. The zero-order valence-corrected chi connectivity index (χ0v) is 16.0. The molecule has 2 aromatic rings. The molecule has 0 radical (unpaired) electrons. The van der Waals surface area contributed by atoms with Gasteiger partial charge in [-0.25, -0.2) is 0 Å². The highest BCUT2D eigenvalue weighted by Gasteiger charge is 2.33. The molecule has 1 saturated heterocycles. The van der Waals surface area contributed by atoms with Gasteiger partial charge in [-0.2, -0.15) is 13.2 Å². The third-order valence-corrected chi connectivity index (χ3v) is 6.26. The highest BCUT2D eigenvalue weighted by Crippen LogP contribution is 2.35. The quantitative estimate of drug-likeness (QED) is 0.813. The lowest BCUT2D eigenvalue weighted by Crippen LogP contribution is -2.38. The minimum Gasteiger partial charge on any atom is -0.419 e. The van der Waals surface area contributed by atoms with E-state index in [1.165, 1.54) is 23.3 Å². The maximum absolute atomic E-state index is 12.3. The predicted molar refractivity (Wildman–Crippen MR) is 96.7 cm³/mol. The number of thiophene rings is 1. The topological polar surface area (TPSA) is 71.3 Å². The van der Waals surface area contributed by atoms with Crippen molar-refractivity contribution in [2.75, 3.05) is 13.1 Å².